The molecule has 23 heavy (non-hydrogen) atoms. The first-order valence-corrected chi connectivity index (χ1v) is 8.20. The van der Waals surface area contributed by atoms with Crippen LogP contribution in [-0.4, -0.2) is 55.1 Å². The molecule has 0 unspecified atom stereocenters. The fourth-order valence-corrected chi connectivity index (χ4v) is 2.79. The molecule has 1 aliphatic heterocycles. The molecular weight excluding hydrogens is 292 g/mol. The standard InChI is InChI=1S/C18H26N2O3/c1-14(2)16-7-5-15(6-8-16)13-17(21)19-9-4-10-20(12-11-19)18(22)23-3/h5-8,14H,4,9-13H2,1-3H3. The third-order valence-electron chi connectivity index (χ3n) is 4.28. The van der Waals surface area contributed by atoms with E-state index in [1.165, 1.54) is 12.7 Å². The van der Waals surface area contributed by atoms with Crippen molar-refractivity contribution in [3.63, 3.8) is 0 Å². The molecule has 1 aromatic carbocycles. The Labute approximate surface area is 138 Å². The van der Waals surface area contributed by atoms with Crippen LogP contribution in [0, 0.1) is 0 Å². The molecule has 1 heterocycles. The molecule has 1 aliphatic rings. The minimum absolute atomic E-state index is 0.119. The predicted octanol–water partition coefficient (Wildman–Crippen LogP) is 2.65. The molecule has 0 aromatic heterocycles. The van der Waals surface area contributed by atoms with Crippen molar-refractivity contribution in [3.05, 3.63) is 35.4 Å². The van der Waals surface area contributed by atoms with E-state index in [0.29, 0.717) is 38.5 Å². The summed E-state index contributed by atoms with van der Waals surface area (Å²) in [4.78, 5) is 27.6. The maximum absolute atomic E-state index is 12.5. The molecule has 0 N–H and O–H groups in total. The summed E-state index contributed by atoms with van der Waals surface area (Å²) in [6, 6.07) is 8.25. The van der Waals surface area contributed by atoms with Gasteiger partial charge in [0.15, 0.2) is 0 Å². The lowest BCUT2D eigenvalue weighted by Gasteiger charge is -2.21. The largest absolute Gasteiger partial charge is 0.453 e. The second-order valence-electron chi connectivity index (χ2n) is 6.26. The maximum atomic E-state index is 12.5. The summed E-state index contributed by atoms with van der Waals surface area (Å²) in [6.45, 7) is 6.74. The summed E-state index contributed by atoms with van der Waals surface area (Å²) in [7, 11) is 1.39. The van der Waals surface area contributed by atoms with Crippen molar-refractivity contribution in [1.82, 2.24) is 9.80 Å². The summed E-state index contributed by atoms with van der Waals surface area (Å²) in [5, 5.41) is 0. The number of rotatable bonds is 3. The second-order valence-corrected chi connectivity index (χ2v) is 6.26. The van der Waals surface area contributed by atoms with E-state index in [4.69, 9.17) is 4.74 Å². The summed E-state index contributed by atoms with van der Waals surface area (Å²) < 4.78 is 4.75. The minimum atomic E-state index is -0.316. The minimum Gasteiger partial charge on any atom is -0.453 e. The summed E-state index contributed by atoms with van der Waals surface area (Å²) in [6.07, 6.45) is 0.882. The molecule has 1 fully saturated rings. The number of benzene rings is 1. The molecule has 1 saturated heterocycles. The number of hydrogen-bond donors (Lipinski definition) is 0. The molecule has 0 radical (unpaired) electrons. The first-order valence-electron chi connectivity index (χ1n) is 8.20. The second kappa shape index (κ2) is 7.99. The Morgan fingerprint density at radius 1 is 1.04 bits per heavy atom. The Hall–Kier alpha value is -2.04. The zero-order chi connectivity index (χ0) is 16.8. The smallest absolute Gasteiger partial charge is 0.409 e. The highest BCUT2D eigenvalue weighted by molar-refractivity contribution is 5.79. The Kier molecular flexibility index (Phi) is 6.02. The Morgan fingerprint density at radius 2 is 1.65 bits per heavy atom. The number of ether oxygens (including phenoxy) is 1. The van der Waals surface area contributed by atoms with Crippen molar-refractivity contribution >= 4 is 12.0 Å². The van der Waals surface area contributed by atoms with Gasteiger partial charge in [0.1, 0.15) is 0 Å². The lowest BCUT2D eigenvalue weighted by molar-refractivity contribution is -0.130. The first kappa shape index (κ1) is 17.3. The van der Waals surface area contributed by atoms with Gasteiger partial charge in [-0.05, 0) is 23.5 Å². The van der Waals surface area contributed by atoms with Crippen LogP contribution in [0.25, 0.3) is 0 Å². The quantitative estimate of drug-likeness (QED) is 0.861. The van der Waals surface area contributed by atoms with Gasteiger partial charge in [0.25, 0.3) is 0 Å². The number of carbonyl (C=O) groups is 2. The van der Waals surface area contributed by atoms with Crippen molar-refractivity contribution < 1.29 is 14.3 Å². The third kappa shape index (κ3) is 4.71. The highest BCUT2D eigenvalue weighted by atomic mass is 16.5. The fourth-order valence-electron chi connectivity index (χ4n) is 2.79. The van der Waals surface area contributed by atoms with E-state index in [-0.39, 0.29) is 12.0 Å². The molecule has 1 aromatic rings. The van der Waals surface area contributed by atoms with Crippen molar-refractivity contribution in [1.29, 1.82) is 0 Å². The zero-order valence-corrected chi connectivity index (χ0v) is 14.2. The summed E-state index contributed by atoms with van der Waals surface area (Å²) in [5.74, 6) is 0.615. The number of hydrogen-bond acceptors (Lipinski definition) is 3. The van der Waals surface area contributed by atoms with Gasteiger partial charge in [-0.15, -0.1) is 0 Å². The highest BCUT2D eigenvalue weighted by Crippen LogP contribution is 2.15. The molecule has 5 heteroatoms. The van der Waals surface area contributed by atoms with Gasteiger partial charge in [0, 0.05) is 26.2 Å². The number of carbonyl (C=O) groups excluding carboxylic acids is 2. The molecule has 126 valence electrons. The molecule has 0 aliphatic carbocycles. The SMILES string of the molecule is COC(=O)N1CCCN(C(=O)Cc2ccc(C(C)C)cc2)CC1. The predicted molar refractivity (Wildman–Crippen MR) is 89.4 cm³/mol. The van der Waals surface area contributed by atoms with Crippen LogP contribution in [0.5, 0.6) is 0 Å². The first-order chi connectivity index (χ1) is 11.0. The van der Waals surface area contributed by atoms with Crippen molar-refractivity contribution in [2.75, 3.05) is 33.3 Å². The van der Waals surface area contributed by atoms with Crippen LogP contribution in [0.3, 0.4) is 0 Å². The van der Waals surface area contributed by atoms with E-state index >= 15 is 0 Å². The highest BCUT2D eigenvalue weighted by Gasteiger charge is 2.22. The number of methoxy groups -OCH3 is 1. The molecule has 0 saturated carbocycles. The Morgan fingerprint density at radius 3 is 2.26 bits per heavy atom. The van der Waals surface area contributed by atoms with E-state index in [2.05, 4.69) is 26.0 Å². The van der Waals surface area contributed by atoms with Gasteiger partial charge in [-0.3, -0.25) is 4.79 Å². The lowest BCUT2D eigenvalue weighted by Crippen LogP contribution is -2.37. The van der Waals surface area contributed by atoms with Crippen LogP contribution in [0.1, 0.15) is 37.3 Å². The molecule has 2 rings (SSSR count). The van der Waals surface area contributed by atoms with E-state index in [9.17, 15) is 9.59 Å². The van der Waals surface area contributed by atoms with E-state index < -0.39 is 0 Å². The summed E-state index contributed by atoms with van der Waals surface area (Å²) in [5.41, 5.74) is 2.32. The molecule has 2 amide bonds. The third-order valence-corrected chi connectivity index (χ3v) is 4.28. The van der Waals surface area contributed by atoms with Gasteiger partial charge in [-0.2, -0.15) is 0 Å². The molecular formula is C18H26N2O3. The lowest BCUT2D eigenvalue weighted by atomic mass is 10.0. The molecule has 5 nitrogen and oxygen atoms in total. The monoisotopic (exact) mass is 318 g/mol. The van der Waals surface area contributed by atoms with Gasteiger partial charge >= 0.3 is 6.09 Å². The summed E-state index contributed by atoms with van der Waals surface area (Å²) >= 11 is 0. The number of nitrogens with zero attached hydrogens (tertiary/aromatic N) is 2. The van der Waals surface area contributed by atoms with Gasteiger partial charge in [0.2, 0.25) is 5.91 Å². The Bertz CT molecular complexity index is 540. The van der Waals surface area contributed by atoms with Crippen LogP contribution < -0.4 is 0 Å². The average molecular weight is 318 g/mol. The van der Waals surface area contributed by atoms with Gasteiger partial charge < -0.3 is 14.5 Å². The van der Waals surface area contributed by atoms with Crippen LogP contribution in [0.4, 0.5) is 4.79 Å². The topological polar surface area (TPSA) is 49.9 Å². The number of amides is 2. The van der Waals surface area contributed by atoms with Crippen LogP contribution in [0.2, 0.25) is 0 Å². The Balaban J connectivity index is 1.91. The molecule has 0 bridgehead atoms. The van der Waals surface area contributed by atoms with Gasteiger partial charge in [-0.1, -0.05) is 38.1 Å². The van der Waals surface area contributed by atoms with E-state index in [0.717, 1.165) is 12.0 Å². The van der Waals surface area contributed by atoms with E-state index in [1.54, 1.807) is 4.90 Å². The van der Waals surface area contributed by atoms with Crippen molar-refractivity contribution in [3.8, 4) is 0 Å². The van der Waals surface area contributed by atoms with Crippen LogP contribution >= 0.6 is 0 Å². The normalized spacial score (nSPS) is 15.5. The maximum Gasteiger partial charge on any atom is 0.409 e. The van der Waals surface area contributed by atoms with E-state index in [1.807, 2.05) is 17.0 Å². The van der Waals surface area contributed by atoms with Crippen molar-refractivity contribution in [2.24, 2.45) is 0 Å². The molecule has 0 spiro atoms. The molecule has 0 atom stereocenters. The van der Waals surface area contributed by atoms with Crippen molar-refractivity contribution in [2.45, 2.75) is 32.6 Å². The van der Waals surface area contributed by atoms with Crippen LogP contribution in [-0.2, 0) is 16.0 Å². The fraction of sp³-hybridized carbons (Fsp3) is 0.556. The average Bonchev–Trinajstić information content (AvgIpc) is 2.80. The van der Waals surface area contributed by atoms with Crippen LogP contribution in [0.15, 0.2) is 24.3 Å². The van der Waals surface area contributed by atoms with Gasteiger partial charge in [-0.25, -0.2) is 4.79 Å². The van der Waals surface area contributed by atoms with Gasteiger partial charge in [0.05, 0.1) is 13.5 Å². The zero-order valence-electron chi connectivity index (χ0n) is 14.2.